The Bertz CT molecular complexity index is 637. The van der Waals surface area contributed by atoms with Crippen LogP contribution in [0.3, 0.4) is 0 Å². The standard InChI is InChI=1S/C14H11Cl3N2O2/c15-8-1-3-10(4-2-8)21-7-13(20)19-14-11(16)5-9(18)6-12(14)17/h1-6H,7,18H2,(H,19,20). The number of hydrogen-bond donors (Lipinski definition) is 2. The first-order valence-corrected chi connectivity index (χ1v) is 7.02. The highest BCUT2D eigenvalue weighted by atomic mass is 35.5. The largest absolute Gasteiger partial charge is 0.484 e. The van der Waals surface area contributed by atoms with Crippen LogP contribution in [0.4, 0.5) is 11.4 Å². The van der Waals surface area contributed by atoms with Gasteiger partial charge in [-0.3, -0.25) is 4.79 Å². The van der Waals surface area contributed by atoms with Crippen LogP contribution in [0.2, 0.25) is 15.1 Å². The zero-order chi connectivity index (χ0) is 15.4. The van der Waals surface area contributed by atoms with Gasteiger partial charge in [0.05, 0.1) is 15.7 Å². The molecule has 0 bridgehead atoms. The Labute approximate surface area is 136 Å². The Hall–Kier alpha value is -1.62. The molecule has 2 aromatic carbocycles. The van der Waals surface area contributed by atoms with E-state index < -0.39 is 5.91 Å². The molecule has 0 spiro atoms. The highest BCUT2D eigenvalue weighted by molar-refractivity contribution is 6.40. The summed E-state index contributed by atoms with van der Waals surface area (Å²) in [5.41, 5.74) is 6.31. The SMILES string of the molecule is Nc1cc(Cl)c(NC(=O)COc2ccc(Cl)cc2)c(Cl)c1. The van der Waals surface area contributed by atoms with E-state index in [1.807, 2.05) is 0 Å². The monoisotopic (exact) mass is 344 g/mol. The third-order valence-corrected chi connectivity index (χ3v) is 3.36. The van der Waals surface area contributed by atoms with Gasteiger partial charge in [-0.05, 0) is 36.4 Å². The first-order chi connectivity index (χ1) is 9.95. The Balaban J connectivity index is 1.97. The molecule has 0 saturated heterocycles. The Morgan fingerprint density at radius 1 is 1.10 bits per heavy atom. The third kappa shape index (κ3) is 4.43. The van der Waals surface area contributed by atoms with Crippen molar-refractivity contribution in [3.05, 3.63) is 51.5 Å². The van der Waals surface area contributed by atoms with Crippen molar-refractivity contribution < 1.29 is 9.53 Å². The second kappa shape index (κ2) is 6.89. The first-order valence-electron chi connectivity index (χ1n) is 5.88. The minimum absolute atomic E-state index is 0.182. The Morgan fingerprint density at radius 2 is 1.67 bits per heavy atom. The summed E-state index contributed by atoms with van der Waals surface area (Å²) in [6.07, 6.45) is 0. The fourth-order valence-corrected chi connectivity index (χ4v) is 2.29. The molecule has 2 rings (SSSR count). The summed E-state index contributed by atoms with van der Waals surface area (Å²) >= 11 is 17.7. The van der Waals surface area contributed by atoms with Crippen molar-refractivity contribution in [3.63, 3.8) is 0 Å². The van der Waals surface area contributed by atoms with Gasteiger partial charge in [0.1, 0.15) is 5.75 Å². The van der Waals surface area contributed by atoms with Gasteiger partial charge in [0.15, 0.2) is 6.61 Å². The number of anilines is 2. The lowest BCUT2D eigenvalue weighted by Gasteiger charge is -2.11. The number of halogens is 3. The number of nitrogen functional groups attached to an aromatic ring is 1. The number of ether oxygens (including phenoxy) is 1. The second-order valence-corrected chi connectivity index (χ2v) is 5.40. The van der Waals surface area contributed by atoms with Crippen LogP contribution in [0.1, 0.15) is 0 Å². The fourth-order valence-electron chi connectivity index (χ4n) is 1.57. The van der Waals surface area contributed by atoms with E-state index in [1.54, 1.807) is 24.3 Å². The lowest BCUT2D eigenvalue weighted by atomic mass is 10.3. The number of rotatable bonds is 4. The van der Waals surface area contributed by atoms with Crippen molar-refractivity contribution in [2.45, 2.75) is 0 Å². The summed E-state index contributed by atoms with van der Waals surface area (Å²) in [6.45, 7) is -0.182. The van der Waals surface area contributed by atoms with Crippen molar-refractivity contribution in [1.29, 1.82) is 0 Å². The van der Waals surface area contributed by atoms with Gasteiger partial charge in [-0.25, -0.2) is 0 Å². The molecule has 0 aliphatic carbocycles. The molecule has 0 saturated carbocycles. The van der Waals surface area contributed by atoms with Crippen molar-refractivity contribution in [1.82, 2.24) is 0 Å². The van der Waals surface area contributed by atoms with Crippen LogP contribution in [0.25, 0.3) is 0 Å². The molecule has 1 amide bonds. The number of carbonyl (C=O) groups excluding carboxylic acids is 1. The summed E-state index contributed by atoms with van der Waals surface area (Å²) in [7, 11) is 0. The maximum absolute atomic E-state index is 11.8. The normalized spacial score (nSPS) is 10.2. The minimum atomic E-state index is -0.390. The van der Waals surface area contributed by atoms with E-state index in [-0.39, 0.29) is 16.7 Å². The van der Waals surface area contributed by atoms with E-state index >= 15 is 0 Å². The lowest BCUT2D eigenvalue weighted by molar-refractivity contribution is -0.118. The van der Waals surface area contributed by atoms with Gasteiger partial charge in [-0.15, -0.1) is 0 Å². The van der Waals surface area contributed by atoms with Crippen LogP contribution < -0.4 is 15.8 Å². The second-order valence-electron chi connectivity index (χ2n) is 4.15. The quantitative estimate of drug-likeness (QED) is 0.814. The molecule has 0 fully saturated rings. The van der Waals surface area contributed by atoms with Crippen molar-refractivity contribution >= 4 is 52.1 Å². The van der Waals surface area contributed by atoms with Crippen LogP contribution in [0, 0.1) is 0 Å². The Kier molecular flexibility index (Phi) is 5.17. The van der Waals surface area contributed by atoms with Gasteiger partial charge < -0.3 is 15.8 Å². The molecular formula is C14H11Cl3N2O2. The summed E-state index contributed by atoms with van der Waals surface area (Å²) in [4.78, 5) is 11.8. The van der Waals surface area contributed by atoms with E-state index in [1.165, 1.54) is 12.1 Å². The summed E-state index contributed by atoms with van der Waals surface area (Å²) < 4.78 is 5.32. The number of nitrogens with two attached hydrogens (primary N) is 1. The number of carbonyl (C=O) groups is 1. The summed E-state index contributed by atoms with van der Waals surface area (Å²) in [6, 6.07) is 9.68. The van der Waals surface area contributed by atoms with Crippen molar-refractivity contribution in [2.24, 2.45) is 0 Å². The average molecular weight is 346 g/mol. The maximum Gasteiger partial charge on any atom is 0.262 e. The van der Waals surface area contributed by atoms with Crippen molar-refractivity contribution in [2.75, 3.05) is 17.7 Å². The predicted octanol–water partition coefficient (Wildman–Crippen LogP) is 4.25. The predicted molar refractivity (Wildman–Crippen MR) is 86.5 cm³/mol. The minimum Gasteiger partial charge on any atom is -0.484 e. The smallest absolute Gasteiger partial charge is 0.262 e. The average Bonchev–Trinajstić information content (AvgIpc) is 2.42. The van der Waals surface area contributed by atoms with Gasteiger partial charge >= 0.3 is 0 Å². The van der Waals surface area contributed by atoms with E-state index in [2.05, 4.69) is 5.32 Å². The van der Waals surface area contributed by atoms with Crippen LogP contribution >= 0.6 is 34.8 Å². The number of hydrogen-bond acceptors (Lipinski definition) is 3. The molecule has 110 valence electrons. The summed E-state index contributed by atoms with van der Waals surface area (Å²) in [5, 5.41) is 3.70. The number of nitrogens with one attached hydrogen (secondary N) is 1. The van der Waals surface area contributed by atoms with Gasteiger partial charge in [0.25, 0.3) is 5.91 Å². The molecule has 2 aromatic rings. The van der Waals surface area contributed by atoms with Gasteiger partial charge in [-0.1, -0.05) is 34.8 Å². The number of amides is 1. The van der Waals surface area contributed by atoms with Crippen LogP contribution in [0.5, 0.6) is 5.75 Å². The molecular weight excluding hydrogens is 335 g/mol. The molecule has 0 unspecified atom stereocenters. The molecule has 0 aromatic heterocycles. The third-order valence-electron chi connectivity index (χ3n) is 2.51. The molecule has 0 atom stereocenters. The molecule has 21 heavy (non-hydrogen) atoms. The fraction of sp³-hybridized carbons (Fsp3) is 0.0714. The van der Waals surface area contributed by atoms with Gasteiger partial charge in [0, 0.05) is 10.7 Å². The maximum atomic E-state index is 11.8. The zero-order valence-corrected chi connectivity index (χ0v) is 13.0. The van der Waals surface area contributed by atoms with Gasteiger partial charge in [-0.2, -0.15) is 0 Å². The highest BCUT2D eigenvalue weighted by Crippen LogP contribution is 2.32. The van der Waals surface area contributed by atoms with E-state index in [0.29, 0.717) is 22.1 Å². The molecule has 0 radical (unpaired) electrons. The van der Waals surface area contributed by atoms with Gasteiger partial charge in [0.2, 0.25) is 0 Å². The first kappa shape index (κ1) is 15.8. The summed E-state index contributed by atoms with van der Waals surface area (Å²) in [5.74, 6) is 0.141. The zero-order valence-electron chi connectivity index (χ0n) is 10.7. The lowest BCUT2D eigenvalue weighted by Crippen LogP contribution is -2.20. The van der Waals surface area contributed by atoms with E-state index in [4.69, 9.17) is 45.3 Å². The molecule has 7 heteroatoms. The van der Waals surface area contributed by atoms with Crippen LogP contribution in [0.15, 0.2) is 36.4 Å². The molecule has 0 heterocycles. The topological polar surface area (TPSA) is 64.3 Å². The Morgan fingerprint density at radius 3 is 2.24 bits per heavy atom. The van der Waals surface area contributed by atoms with Crippen molar-refractivity contribution in [3.8, 4) is 5.75 Å². The molecule has 4 nitrogen and oxygen atoms in total. The molecule has 0 aliphatic heterocycles. The molecule has 3 N–H and O–H groups in total. The van der Waals surface area contributed by atoms with E-state index in [9.17, 15) is 4.79 Å². The number of benzene rings is 2. The molecule has 0 aliphatic rings. The van der Waals surface area contributed by atoms with Crippen LogP contribution in [-0.4, -0.2) is 12.5 Å². The van der Waals surface area contributed by atoms with Crippen LogP contribution in [-0.2, 0) is 4.79 Å². The van der Waals surface area contributed by atoms with E-state index in [0.717, 1.165) is 0 Å². The highest BCUT2D eigenvalue weighted by Gasteiger charge is 2.11.